The first kappa shape index (κ1) is 24.0. The van der Waals surface area contributed by atoms with Gasteiger partial charge in [-0.3, -0.25) is 9.59 Å². The van der Waals surface area contributed by atoms with Crippen molar-refractivity contribution < 1.29 is 23.5 Å². The van der Waals surface area contributed by atoms with E-state index in [1.54, 1.807) is 42.5 Å². The fourth-order valence-electron chi connectivity index (χ4n) is 3.02. The Balaban J connectivity index is 1.68. The number of carbonyl (C=O) groups excluding carboxylic acids is 2. The number of hydrogen-bond donors (Lipinski definition) is 2. The number of ether oxygens (including phenoxy) is 2. The molecule has 0 atom stereocenters. The van der Waals surface area contributed by atoms with Gasteiger partial charge in [-0.1, -0.05) is 30.3 Å². The minimum atomic E-state index is -0.552. The van der Waals surface area contributed by atoms with E-state index in [-0.39, 0.29) is 23.6 Å². The lowest BCUT2D eigenvalue weighted by Gasteiger charge is -2.12. The minimum Gasteiger partial charge on any atom is -0.493 e. The summed E-state index contributed by atoms with van der Waals surface area (Å²) in [5, 5.41) is 14.6. The van der Waals surface area contributed by atoms with Crippen LogP contribution in [0.5, 0.6) is 11.5 Å². The predicted molar refractivity (Wildman–Crippen MR) is 127 cm³/mol. The van der Waals surface area contributed by atoms with Crippen molar-refractivity contribution in [3.05, 3.63) is 89.2 Å². The summed E-state index contributed by atoms with van der Waals surface area (Å²) in [6.45, 7) is 1.53. The number of anilines is 2. The maximum atomic E-state index is 13.7. The number of carbonyl (C=O) groups is 2. The van der Waals surface area contributed by atoms with Gasteiger partial charge in [0.05, 0.1) is 12.8 Å². The van der Waals surface area contributed by atoms with Gasteiger partial charge in [-0.15, -0.1) is 0 Å². The minimum absolute atomic E-state index is 0.0523. The van der Waals surface area contributed by atoms with Gasteiger partial charge in [0.15, 0.2) is 18.1 Å². The molecule has 8 heteroatoms. The molecule has 0 aliphatic rings. The number of nitrogens with zero attached hydrogens (tertiary/aromatic N) is 1. The van der Waals surface area contributed by atoms with Crippen LogP contribution in [-0.4, -0.2) is 25.5 Å². The number of rotatable bonds is 8. The third-order valence-corrected chi connectivity index (χ3v) is 4.65. The first-order chi connectivity index (χ1) is 16.4. The summed E-state index contributed by atoms with van der Waals surface area (Å²) in [7, 11) is 1.42. The van der Waals surface area contributed by atoms with Gasteiger partial charge in [-0.25, -0.2) is 4.39 Å². The second-order valence-corrected chi connectivity index (χ2v) is 7.22. The van der Waals surface area contributed by atoms with Gasteiger partial charge in [-0.2, -0.15) is 5.26 Å². The van der Waals surface area contributed by atoms with Crippen molar-refractivity contribution in [2.75, 3.05) is 24.4 Å². The SMILES string of the molecule is COc1cc(C=C(C#N)C(=O)Nc2cccc(C)c2)ccc1OCC(=O)Nc1ccccc1F. The van der Waals surface area contributed by atoms with Gasteiger partial charge in [0.2, 0.25) is 0 Å². The average molecular weight is 459 g/mol. The van der Waals surface area contributed by atoms with Gasteiger partial charge in [-0.05, 0) is 60.5 Å². The number of halogens is 1. The second kappa shape index (κ2) is 11.3. The van der Waals surface area contributed by atoms with E-state index < -0.39 is 17.6 Å². The van der Waals surface area contributed by atoms with E-state index in [1.807, 2.05) is 19.1 Å². The first-order valence-corrected chi connectivity index (χ1v) is 10.2. The highest BCUT2D eigenvalue weighted by molar-refractivity contribution is 6.09. The van der Waals surface area contributed by atoms with Gasteiger partial charge in [0, 0.05) is 5.69 Å². The Morgan fingerprint density at radius 1 is 1.03 bits per heavy atom. The van der Waals surface area contributed by atoms with Gasteiger partial charge in [0.1, 0.15) is 17.5 Å². The molecular weight excluding hydrogens is 437 g/mol. The van der Waals surface area contributed by atoms with Crippen LogP contribution in [-0.2, 0) is 9.59 Å². The quantitative estimate of drug-likeness (QED) is 0.376. The molecule has 2 N–H and O–H groups in total. The highest BCUT2D eigenvalue weighted by atomic mass is 19.1. The Morgan fingerprint density at radius 2 is 1.82 bits per heavy atom. The van der Waals surface area contributed by atoms with Crippen LogP contribution in [0.15, 0.2) is 72.3 Å². The molecule has 0 heterocycles. The maximum Gasteiger partial charge on any atom is 0.266 e. The molecule has 0 aliphatic carbocycles. The first-order valence-electron chi connectivity index (χ1n) is 10.2. The van der Waals surface area contributed by atoms with Crippen LogP contribution in [0.4, 0.5) is 15.8 Å². The summed E-state index contributed by atoms with van der Waals surface area (Å²) >= 11 is 0. The molecule has 34 heavy (non-hydrogen) atoms. The lowest BCUT2D eigenvalue weighted by Crippen LogP contribution is -2.20. The van der Waals surface area contributed by atoms with Crippen LogP contribution in [0.25, 0.3) is 6.08 Å². The molecule has 0 saturated carbocycles. The molecule has 0 unspecified atom stereocenters. The smallest absolute Gasteiger partial charge is 0.266 e. The normalized spacial score (nSPS) is 10.7. The molecule has 3 aromatic carbocycles. The Labute approximate surface area is 196 Å². The van der Waals surface area contributed by atoms with E-state index in [0.717, 1.165) is 5.56 Å². The van der Waals surface area contributed by atoms with Crippen LogP contribution < -0.4 is 20.1 Å². The molecule has 3 rings (SSSR count). The zero-order valence-electron chi connectivity index (χ0n) is 18.6. The van der Waals surface area contributed by atoms with Crippen LogP contribution in [0.2, 0.25) is 0 Å². The molecule has 2 amide bonds. The number of hydrogen-bond acceptors (Lipinski definition) is 5. The zero-order chi connectivity index (χ0) is 24.5. The molecule has 0 saturated heterocycles. The molecule has 3 aromatic rings. The van der Waals surface area contributed by atoms with E-state index in [1.165, 1.54) is 31.4 Å². The van der Waals surface area contributed by atoms with Crippen molar-refractivity contribution >= 4 is 29.3 Å². The number of aryl methyl sites for hydroxylation is 1. The Bertz CT molecular complexity index is 1280. The average Bonchev–Trinajstić information content (AvgIpc) is 2.82. The van der Waals surface area contributed by atoms with Crippen LogP contribution in [0.1, 0.15) is 11.1 Å². The lowest BCUT2D eigenvalue weighted by molar-refractivity contribution is -0.118. The molecule has 0 radical (unpaired) electrons. The van der Waals surface area contributed by atoms with Crippen LogP contribution in [0, 0.1) is 24.1 Å². The van der Waals surface area contributed by atoms with E-state index in [4.69, 9.17) is 9.47 Å². The van der Waals surface area contributed by atoms with E-state index in [2.05, 4.69) is 10.6 Å². The van der Waals surface area contributed by atoms with Crippen LogP contribution >= 0.6 is 0 Å². The summed E-state index contributed by atoms with van der Waals surface area (Å²) in [6.07, 6.45) is 1.42. The fraction of sp³-hybridized carbons (Fsp3) is 0.115. The largest absolute Gasteiger partial charge is 0.493 e. The fourth-order valence-corrected chi connectivity index (χ4v) is 3.02. The number of amides is 2. The number of methoxy groups -OCH3 is 1. The molecule has 0 aromatic heterocycles. The topological polar surface area (TPSA) is 100 Å². The van der Waals surface area contributed by atoms with E-state index in [9.17, 15) is 19.2 Å². The summed E-state index contributed by atoms with van der Waals surface area (Å²) < 4.78 is 24.5. The maximum absolute atomic E-state index is 13.7. The van der Waals surface area contributed by atoms with E-state index in [0.29, 0.717) is 17.0 Å². The van der Waals surface area contributed by atoms with Crippen LogP contribution in [0.3, 0.4) is 0 Å². The molecule has 7 nitrogen and oxygen atoms in total. The summed E-state index contributed by atoms with van der Waals surface area (Å²) in [6, 6.07) is 19.7. The Morgan fingerprint density at radius 3 is 2.53 bits per heavy atom. The monoisotopic (exact) mass is 459 g/mol. The van der Waals surface area contributed by atoms with Crippen molar-refractivity contribution in [1.82, 2.24) is 0 Å². The molecule has 0 bridgehead atoms. The van der Waals surface area contributed by atoms with Crippen molar-refractivity contribution in [1.29, 1.82) is 5.26 Å². The predicted octanol–water partition coefficient (Wildman–Crippen LogP) is 4.71. The van der Waals surface area contributed by atoms with E-state index >= 15 is 0 Å². The summed E-state index contributed by atoms with van der Waals surface area (Å²) in [5.41, 5.74) is 2.04. The van der Waals surface area contributed by atoms with Gasteiger partial charge < -0.3 is 20.1 Å². The third-order valence-electron chi connectivity index (χ3n) is 4.65. The van der Waals surface area contributed by atoms with Gasteiger partial charge in [0.25, 0.3) is 11.8 Å². The van der Waals surface area contributed by atoms with Crippen molar-refractivity contribution in [2.24, 2.45) is 0 Å². The highest BCUT2D eigenvalue weighted by Gasteiger charge is 2.13. The molecule has 0 fully saturated rings. The second-order valence-electron chi connectivity index (χ2n) is 7.22. The number of nitrogens with one attached hydrogen (secondary N) is 2. The lowest BCUT2D eigenvalue weighted by atomic mass is 10.1. The third kappa shape index (κ3) is 6.43. The number of para-hydroxylation sites is 1. The molecule has 0 spiro atoms. The number of nitriles is 1. The molecule has 172 valence electrons. The molecular formula is C26H22FN3O4. The van der Waals surface area contributed by atoms with Gasteiger partial charge >= 0.3 is 0 Å². The van der Waals surface area contributed by atoms with Crippen molar-refractivity contribution in [3.63, 3.8) is 0 Å². The highest BCUT2D eigenvalue weighted by Crippen LogP contribution is 2.29. The zero-order valence-corrected chi connectivity index (χ0v) is 18.6. The summed E-state index contributed by atoms with van der Waals surface area (Å²) in [5.74, 6) is -1.08. The Kier molecular flexibility index (Phi) is 7.97. The van der Waals surface area contributed by atoms with Crippen molar-refractivity contribution in [2.45, 2.75) is 6.92 Å². The number of benzene rings is 3. The standard InChI is InChI=1S/C26H22FN3O4/c1-17-6-5-7-20(12-17)29-26(32)19(15-28)13-18-10-11-23(24(14-18)33-2)34-16-25(31)30-22-9-4-3-8-21(22)27/h3-14H,16H2,1-2H3,(H,29,32)(H,30,31). The summed E-state index contributed by atoms with van der Waals surface area (Å²) in [4.78, 5) is 24.6. The Hall–Kier alpha value is -4.64. The van der Waals surface area contributed by atoms with Crippen molar-refractivity contribution in [3.8, 4) is 17.6 Å². The molecule has 0 aliphatic heterocycles.